The summed E-state index contributed by atoms with van der Waals surface area (Å²) < 4.78 is 33.8. The topological polar surface area (TPSA) is 65.3 Å². The highest BCUT2D eigenvalue weighted by molar-refractivity contribution is 5.48. The summed E-state index contributed by atoms with van der Waals surface area (Å²) in [5.74, 6) is 2.68. The zero-order chi connectivity index (χ0) is 30.9. The molecule has 1 aliphatic carbocycles. The molecular formula is C39H42O6. The molecule has 3 aromatic rings. The Hall–Kier alpha value is -3.84. The fourth-order valence-electron chi connectivity index (χ4n) is 5.95. The largest absolute Gasteiger partial charge is 0.491 e. The van der Waals surface area contributed by atoms with Crippen molar-refractivity contribution >= 4 is 0 Å². The van der Waals surface area contributed by atoms with Crippen LogP contribution in [-0.4, -0.2) is 58.0 Å². The van der Waals surface area contributed by atoms with E-state index in [1.54, 1.807) is 0 Å². The first kappa shape index (κ1) is 29.8. The van der Waals surface area contributed by atoms with Crippen LogP contribution < -0.4 is 9.47 Å². The Morgan fingerprint density at radius 3 is 1.49 bits per heavy atom. The molecule has 7 rings (SSSR count). The fourth-order valence-corrected chi connectivity index (χ4v) is 5.95. The van der Waals surface area contributed by atoms with E-state index in [0.717, 1.165) is 37.1 Å². The van der Waals surface area contributed by atoms with Crippen LogP contribution in [0.4, 0.5) is 0 Å². The monoisotopic (exact) mass is 606 g/mol. The third-order valence-electron chi connectivity index (χ3n) is 9.46. The number of benzene rings is 3. The van der Waals surface area contributed by atoms with Gasteiger partial charge in [0.25, 0.3) is 0 Å². The summed E-state index contributed by atoms with van der Waals surface area (Å²) in [6.07, 6.45) is 11.5. The lowest BCUT2D eigenvalue weighted by molar-refractivity contribution is 0.193. The van der Waals surface area contributed by atoms with Gasteiger partial charge in [0.1, 0.15) is 55.4 Å². The van der Waals surface area contributed by atoms with Gasteiger partial charge < -0.3 is 28.4 Å². The Morgan fingerprint density at radius 1 is 0.578 bits per heavy atom. The van der Waals surface area contributed by atoms with E-state index in [1.165, 1.54) is 22.3 Å². The summed E-state index contributed by atoms with van der Waals surface area (Å²) in [5.41, 5.74) is 4.42. The van der Waals surface area contributed by atoms with E-state index in [4.69, 9.17) is 28.4 Å². The van der Waals surface area contributed by atoms with E-state index in [1.807, 2.05) is 6.08 Å². The average Bonchev–Trinajstić information content (AvgIpc) is 3.90. The molecule has 0 aromatic heterocycles. The van der Waals surface area contributed by atoms with Gasteiger partial charge in [0.05, 0.1) is 19.8 Å². The lowest BCUT2D eigenvalue weighted by atomic mass is 9.66. The van der Waals surface area contributed by atoms with Gasteiger partial charge in [-0.3, -0.25) is 0 Å². The van der Waals surface area contributed by atoms with Crippen LogP contribution in [0.5, 0.6) is 11.5 Å². The standard InChI is InChI=1S/C39H42O6/c1-38(2,28-11-16-33(17-12-28)41-22-36-25-44-36)27-7-9-30(10-8-27)39(3,31-14-19-34(20-15-31)42-23-37-26-45-37)29-5-4-6-32(18-13-29)40-21-35-24-43-35/h4-20,29,35-37H,21-26H2,1-3H3. The maximum atomic E-state index is 6.01. The van der Waals surface area contributed by atoms with Crippen molar-refractivity contribution in [3.63, 3.8) is 0 Å². The summed E-state index contributed by atoms with van der Waals surface area (Å²) in [6.45, 7) is 11.0. The number of allylic oxidation sites excluding steroid dienone is 5. The number of hydrogen-bond acceptors (Lipinski definition) is 6. The normalized spacial score (nSPS) is 24.6. The molecular weight excluding hydrogens is 564 g/mol. The van der Waals surface area contributed by atoms with Gasteiger partial charge in [-0.05, 0) is 58.7 Å². The van der Waals surface area contributed by atoms with Crippen molar-refractivity contribution in [1.82, 2.24) is 0 Å². The molecule has 234 valence electrons. The van der Waals surface area contributed by atoms with Crippen LogP contribution in [0.1, 0.15) is 43.0 Å². The van der Waals surface area contributed by atoms with Crippen molar-refractivity contribution in [2.24, 2.45) is 5.92 Å². The molecule has 3 saturated heterocycles. The summed E-state index contributed by atoms with van der Waals surface area (Å²) in [6, 6.07) is 26.1. The van der Waals surface area contributed by atoms with Crippen LogP contribution in [0.15, 0.2) is 109 Å². The summed E-state index contributed by atoms with van der Waals surface area (Å²) in [4.78, 5) is 0. The molecule has 3 aliphatic heterocycles. The quantitative estimate of drug-likeness (QED) is 0.186. The number of ether oxygens (including phenoxy) is 6. The van der Waals surface area contributed by atoms with Crippen LogP contribution in [0.2, 0.25) is 0 Å². The van der Waals surface area contributed by atoms with Gasteiger partial charge in [0.15, 0.2) is 0 Å². The zero-order valence-electron chi connectivity index (χ0n) is 26.3. The molecule has 45 heavy (non-hydrogen) atoms. The number of epoxide rings is 3. The first-order chi connectivity index (χ1) is 21.9. The lowest BCUT2D eigenvalue weighted by Gasteiger charge is -2.37. The Kier molecular flexibility index (Phi) is 8.30. The molecule has 4 aliphatic rings. The number of hydrogen-bond donors (Lipinski definition) is 0. The van der Waals surface area contributed by atoms with Crippen molar-refractivity contribution in [3.05, 3.63) is 131 Å². The van der Waals surface area contributed by atoms with Gasteiger partial charge >= 0.3 is 0 Å². The van der Waals surface area contributed by atoms with Gasteiger partial charge in [0.2, 0.25) is 0 Å². The molecule has 6 heteroatoms. The second kappa shape index (κ2) is 12.5. The summed E-state index contributed by atoms with van der Waals surface area (Å²) in [7, 11) is 0. The third kappa shape index (κ3) is 7.04. The van der Waals surface area contributed by atoms with E-state index in [0.29, 0.717) is 19.8 Å². The molecule has 6 nitrogen and oxygen atoms in total. The lowest BCUT2D eigenvalue weighted by Crippen LogP contribution is -2.31. The van der Waals surface area contributed by atoms with Gasteiger partial charge in [0, 0.05) is 16.7 Å². The highest BCUT2D eigenvalue weighted by Gasteiger charge is 2.36. The Labute approximate surface area is 266 Å². The highest BCUT2D eigenvalue weighted by atomic mass is 16.6. The molecule has 3 aromatic carbocycles. The SMILES string of the molecule is CC(C)(c1ccc(OCC2CO2)cc1)c1ccc(C(C)(c2ccc(OCC3CO3)cc2)C2C=CC=C(OCC3CO3)C=C2)cc1. The fraction of sp³-hybridized carbons (Fsp3) is 0.385. The van der Waals surface area contributed by atoms with Crippen molar-refractivity contribution in [3.8, 4) is 11.5 Å². The average molecular weight is 607 g/mol. The van der Waals surface area contributed by atoms with Crippen molar-refractivity contribution in [2.45, 2.75) is 49.9 Å². The Balaban J connectivity index is 1.14. The predicted molar refractivity (Wildman–Crippen MR) is 174 cm³/mol. The zero-order valence-corrected chi connectivity index (χ0v) is 26.3. The number of rotatable bonds is 14. The predicted octanol–water partition coefficient (Wildman–Crippen LogP) is 6.92. The van der Waals surface area contributed by atoms with Crippen LogP contribution in [0.3, 0.4) is 0 Å². The highest BCUT2D eigenvalue weighted by Crippen LogP contribution is 2.43. The second-order valence-electron chi connectivity index (χ2n) is 13.1. The first-order valence-corrected chi connectivity index (χ1v) is 16.0. The van der Waals surface area contributed by atoms with Gasteiger partial charge in [-0.15, -0.1) is 0 Å². The van der Waals surface area contributed by atoms with Gasteiger partial charge in [-0.2, -0.15) is 0 Å². The van der Waals surface area contributed by atoms with Gasteiger partial charge in [-0.25, -0.2) is 0 Å². The van der Waals surface area contributed by atoms with Crippen LogP contribution in [-0.2, 0) is 29.8 Å². The second-order valence-corrected chi connectivity index (χ2v) is 13.1. The minimum Gasteiger partial charge on any atom is -0.491 e. The van der Waals surface area contributed by atoms with Crippen LogP contribution in [0, 0.1) is 5.92 Å². The summed E-state index contributed by atoms with van der Waals surface area (Å²) >= 11 is 0. The molecule has 0 saturated carbocycles. The van der Waals surface area contributed by atoms with E-state index < -0.39 is 0 Å². The molecule has 5 atom stereocenters. The third-order valence-corrected chi connectivity index (χ3v) is 9.46. The molecule has 0 N–H and O–H groups in total. The molecule has 0 radical (unpaired) electrons. The Bertz CT molecular complexity index is 1540. The van der Waals surface area contributed by atoms with Crippen LogP contribution in [0.25, 0.3) is 0 Å². The molecule has 0 bridgehead atoms. The van der Waals surface area contributed by atoms with Gasteiger partial charge in [-0.1, -0.05) is 87.5 Å². The molecule has 0 spiro atoms. The van der Waals surface area contributed by atoms with E-state index in [2.05, 4.69) is 118 Å². The smallest absolute Gasteiger partial charge is 0.119 e. The van der Waals surface area contributed by atoms with E-state index in [-0.39, 0.29) is 35.1 Å². The maximum absolute atomic E-state index is 6.01. The molecule has 5 unspecified atom stereocenters. The molecule has 3 fully saturated rings. The maximum Gasteiger partial charge on any atom is 0.119 e. The van der Waals surface area contributed by atoms with Crippen LogP contribution >= 0.6 is 0 Å². The molecule has 3 heterocycles. The minimum atomic E-state index is -0.346. The van der Waals surface area contributed by atoms with Crippen molar-refractivity contribution in [2.75, 3.05) is 39.6 Å². The first-order valence-electron chi connectivity index (χ1n) is 16.0. The van der Waals surface area contributed by atoms with E-state index in [9.17, 15) is 0 Å². The van der Waals surface area contributed by atoms with Crippen molar-refractivity contribution in [1.29, 1.82) is 0 Å². The van der Waals surface area contributed by atoms with Crippen molar-refractivity contribution < 1.29 is 28.4 Å². The minimum absolute atomic E-state index is 0.0890. The molecule has 0 amide bonds. The summed E-state index contributed by atoms with van der Waals surface area (Å²) in [5, 5.41) is 0. The van der Waals surface area contributed by atoms with E-state index >= 15 is 0 Å². The Morgan fingerprint density at radius 2 is 1.00 bits per heavy atom.